The van der Waals surface area contributed by atoms with E-state index in [1.54, 1.807) is 0 Å². The van der Waals surface area contributed by atoms with Crippen molar-refractivity contribution < 1.29 is 58.5 Å². The summed E-state index contributed by atoms with van der Waals surface area (Å²) < 4.78 is 9.98. The Balaban J connectivity index is 0.00000364. The average molecular weight is 386 g/mol. The van der Waals surface area contributed by atoms with E-state index in [0.29, 0.717) is 26.2 Å². The molecule has 1 aromatic carbocycles. The summed E-state index contributed by atoms with van der Waals surface area (Å²) in [5, 5.41) is 16.0. The van der Waals surface area contributed by atoms with Crippen molar-refractivity contribution in [3.8, 4) is 0 Å². The number of carbonyl (C=O) groups excluding carboxylic acids is 3. The molecule has 8 nitrogen and oxygen atoms in total. The third kappa shape index (κ3) is 7.98. The van der Waals surface area contributed by atoms with Gasteiger partial charge in [-0.2, -0.15) is 0 Å². The molecule has 0 spiro atoms. The van der Waals surface area contributed by atoms with Crippen LogP contribution in [0.4, 0.5) is 0 Å². The first-order chi connectivity index (χ1) is 12.5. The number of carboxylic acids is 1. The molecule has 1 saturated heterocycles. The maximum absolute atomic E-state index is 12.4. The quantitative estimate of drug-likeness (QED) is 0.226. The van der Waals surface area contributed by atoms with Crippen molar-refractivity contribution in [2.24, 2.45) is 0 Å². The molecule has 0 radical (unpaired) electrons. The molecule has 3 atom stereocenters. The maximum Gasteiger partial charge on any atom is 1.00 e. The molecule has 1 heterocycles. The maximum atomic E-state index is 12.4. The van der Waals surface area contributed by atoms with Gasteiger partial charge >= 0.3 is 29.6 Å². The summed E-state index contributed by atoms with van der Waals surface area (Å²) in [6.45, 7) is 3.46. The van der Waals surface area contributed by atoms with Crippen LogP contribution in [0.5, 0.6) is 0 Å². The second-order valence-electron chi connectivity index (χ2n) is 5.89. The monoisotopic (exact) mass is 386 g/mol. The fourth-order valence-corrected chi connectivity index (χ4v) is 2.46. The van der Waals surface area contributed by atoms with Crippen molar-refractivity contribution in [2.75, 3.05) is 19.8 Å². The SMILES string of the molecule is CCOCCCNC(=O)[C@H](Cc1ccccc1)NC(=O)[C@H]1O[C@@H]1C(=O)[O-].[Na+]. The minimum atomic E-state index is -1.44. The Morgan fingerprint density at radius 1 is 1.22 bits per heavy atom. The van der Waals surface area contributed by atoms with Gasteiger partial charge in [0.15, 0.2) is 6.10 Å². The van der Waals surface area contributed by atoms with Crippen LogP contribution in [0.3, 0.4) is 0 Å². The normalized spacial score (nSPS) is 18.7. The van der Waals surface area contributed by atoms with Gasteiger partial charge in [0.1, 0.15) is 12.1 Å². The summed E-state index contributed by atoms with van der Waals surface area (Å²) in [6, 6.07) is 8.39. The summed E-state index contributed by atoms with van der Waals surface area (Å²) in [5.74, 6) is -2.42. The van der Waals surface area contributed by atoms with Crippen LogP contribution in [0.2, 0.25) is 0 Å². The number of epoxide rings is 1. The van der Waals surface area contributed by atoms with Gasteiger partial charge in [0.25, 0.3) is 5.91 Å². The third-order valence-electron chi connectivity index (χ3n) is 3.87. The van der Waals surface area contributed by atoms with Crippen molar-refractivity contribution in [1.82, 2.24) is 10.6 Å². The van der Waals surface area contributed by atoms with Crippen molar-refractivity contribution in [3.05, 3.63) is 35.9 Å². The van der Waals surface area contributed by atoms with E-state index in [9.17, 15) is 19.5 Å². The molecule has 1 aliphatic heterocycles. The zero-order valence-corrected chi connectivity index (χ0v) is 17.6. The summed E-state index contributed by atoms with van der Waals surface area (Å²) in [7, 11) is 0. The molecule has 2 amide bonds. The van der Waals surface area contributed by atoms with E-state index < -0.39 is 30.1 Å². The van der Waals surface area contributed by atoms with Crippen LogP contribution in [-0.2, 0) is 30.3 Å². The van der Waals surface area contributed by atoms with E-state index in [4.69, 9.17) is 9.47 Å². The predicted octanol–water partition coefficient (Wildman–Crippen LogP) is -4.22. The van der Waals surface area contributed by atoms with Crippen molar-refractivity contribution in [2.45, 2.75) is 38.0 Å². The summed E-state index contributed by atoms with van der Waals surface area (Å²) in [6.07, 6.45) is -1.41. The Hall–Kier alpha value is -1.45. The van der Waals surface area contributed by atoms with E-state index in [1.807, 2.05) is 37.3 Å². The molecule has 2 N–H and O–H groups in total. The van der Waals surface area contributed by atoms with Gasteiger partial charge in [-0.05, 0) is 18.9 Å². The summed E-state index contributed by atoms with van der Waals surface area (Å²) in [5.41, 5.74) is 0.871. The molecule has 0 saturated carbocycles. The molecule has 2 rings (SSSR count). The average Bonchev–Trinajstić information content (AvgIpc) is 3.43. The van der Waals surface area contributed by atoms with E-state index in [2.05, 4.69) is 10.6 Å². The standard InChI is InChI=1S/C18H24N2O6.Na/c1-2-25-10-6-9-19-16(21)13(11-12-7-4-3-5-8-12)20-17(22)14-15(26-14)18(23)24;/h3-5,7-8,13-15H,2,6,9-11H2,1H3,(H,19,21)(H,20,22)(H,23,24);/q;+1/p-1/t13-,14-,15-;/m0./s1. The molecule has 1 fully saturated rings. The fraction of sp³-hybridized carbons (Fsp3) is 0.500. The summed E-state index contributed by atoms with van der Waals surface area (Å²) in [4.78, 5) is 35.3. The molecule has 0 aromatic heterocycles. The van der Waals surface area contributed by atoms with Crippen molar-refractivity contribution in [1.29, 1.82) is 0 Å². The number of hydrogen-bond donors (Lipinski definition) is 2. The first-order valence-electron chi connectivity index (χ1n) is 8.59. The second-order valence-corrected chi connectivity index (χ2v) is 5.89. The van der Waals surface area contributed by atoms with E-state index in [1.165, 1.54) is 0 Å². The summed E-state index contributed by atoms with van der Waals surface area (Å²) >= 11 is 0. The van der Waals surface area contributed by atoms with Crippen LogP contribution >= 0.6 is 0 Å². The third-order valence-corrected chi connectivity index (χ3v) is 3.87. The number of carboxylic acid groups (broad SMARTS) is 1. The molecule has 1 aromatic rings. The molecule has 0 bridgehead atoms. The van der Waals surface area contributed by atoms with Gasteiger partial charge in [0, 0.05) is 26.2 Å². The number of rotatable bonds is 11. The number of hydrogen-bond acceptors (Lipinski definition) is 6. The van der Waals surface area contributed by atoms with Crippen molar-refractivity contribution in [3.63, 3.8) is 0 Å². The number of benzene rings is 1. The van der Waals surface area contributed by atoms with E-state index in [-0.39, 0.29) is 41.9 Å². The Kier molecular flexibility index (Phi) is 10.6. The molecule has 0 aliphatic carbocycles. The first kappa shape index (κ1) is 23.6. The minimum Gasteiger partial charge on any atom is -0.547 e. The molecule has 0 unspecified atom stereocenters. The second kappa shape index (κ2) is 12.1. The number of aliphatic carboxylic acids is 1. The Morgan fingerprint density at radius 2 is 1.93 bits per heavy atom. The van der Waals surface area contributed by atoms with Crippen LogP contribution in [0.15, 0.2) is 30.3 Å². The van der Waals surface area contributed by atoms with E-state index >= 15 is 0 Å². The topological polar surface area (TPSA) is 120 Å². The molecule has 1 aliphatic rings. The number of carbonyl (C=O) groups is 3. The Labute approximate surface area is 180 Å². The van der Waals surface area contributed by atoms with Crippen LogP contribution < -0.4 is 45.3 Å². The van der Waals surface area contributed by atoms with Gasteiger partial charge in [-0.15, -0.1) is 0 Å². The molecular formula is C18H23N2NaO6. The largest absolute Gasteiger partial charge is 1.00 e. The molecule has 9 heteroatoms. The van der Waals surface area contributed by atoms with Gasteiger partial charge in [-0.3, -0.25) is 9.59 Å². The first-order valence-corrected chi connectivity index (χ1v) is 8.59. The van der Waals surface area contributed by atoms with Crippen LogP contribution in [-0.4, -0.2) is 55.8 Å². The van der Waals surface area contributed by atoms with Gasteiger partial charge in [0.05, 0.1) is 5.97 Å². The van der Waals surface area contributed by atoms with E-state index in [0.717, 1.165) is 5.56 Å². The molecule has 142 valence electrons. The van der Waals surface area contributed by atoms with Crippen LogP contribution in [0, 0.1) is 0 Å². The van der Waals surface area contributed by atoms with Crippen molar-refractivity contribution >= 4 is 17.8 Å². The van der Waals surface area contributed by atoms with Crippen LogP contribution in [0.25, 0.3) is 0 Å². The van der Waals surface area contributed by atoms with Gasteiger partial charge in [0.2, 0.25) is 5.91 Å². The van der Waals surface area contributed by atoms with Gasteiger partial charge in [-0.1, -0.05) is 30.3 Å². The minimum absolute atomic E-state index is 0. The van der Waals surface area contributed by atoms with Crippen LogP contribution in [0.1, 0.15) is 18.9 Å². The van der Waals surface area contributed by atoms with Gasteiger partial charge < -0.3 is 30.0 Å². The molecule has 27 heavy (non-hydrogen) atoms. The Bertz CT molecular complexity index is 628. The zero-order chi connectivity index (χ0) is 18.9. The smallest absolute Gasteiger partial charge is 0.547 e. The van der Waals surface area contributed by atoms with Gasteiger partial charge in [-0.25, -0.2) is 0 Å². The number of nitrogens with one attached hydrogen (secondary N) is 2. The predicted molar refractivity (Wildman–Crippen MR) is 89.9 cm³/mol. The Morgan fingerprint density at radius 3 is 2.52 bits per heavy atom. The fourth-order valence-electron chi connectivity index (χ4n) is 2.46. The number of ether oxygens (including phenoxy) is 2. The number of amides is 2. The zero-order valence-electron chi connectivity index (χ0n) is 15.6. The molecular weight excluding hydrogens is 363 g/mol.